The van der Waals surface area contributed by atoms with Crippen molar-refractivity contribution >= 4 is 43.6 Å². The molecule has 0 spiro atoms. The van der Waals surface area contributed by atoms with Gasteiger partial charge in [-0.2, -0.15) is 0 Å². The lowest BCUT2D eigenvalue weighted by Gasteiger charge is -2.10. The largest absolute Gasteiger partial charge is 0.353 e. The Balaban J connectivity index is 1.47. The first-order chi connectivity index (χ1) is 18.8. The van der Waals surface area contributed by atoms with Crippen molar-refractivity contribution in [3.8, 4) is 27.9 Å². The number of nitrogens with zero attached hydrogens (tertiary/aromatic N) is 1. The molecule has 0 unspecified atom stereocenters. The Morgan fingerprint density at radius 2 is 0.947 bits per heavy atom. The molecule has 2 heterocycles. The first-order valence-corrected chi connectivity index (χ1v) is 13.0. The maximum Gasteiger partial charge on any atom is 0.0709 e. The van der Waals surface area contributed by atoms with Crippen molar-refractivity contribution in [1.82, 2.24) is 9.55 Å². The topological polar surface area (TPSA) is 20.7 Å². The van der Waals surface area contributed by atoms with Crippen LogP contribution in [0.1, 0.15) is 0 Å². The van der Waals surface area contributed by atoms with E-state index in [1.54, 1.807) is 0 Å². The number of aromatic nitrogens is 2. The smallest absolute Gasteiger partial charge is 0.0709 e. The van der Waals surface area contributed by atoms with Crippen molar-refractivity contribution in [3.05, 3.63) is 140 Å². The van der Waals surface area contributed by atoms with Gasteiger partial charge in [0.2, 0.25) is 0 Å². The number of hydrogen-bond acceptors (Lipinski definition) is 0. The molecule has 8 aromatic rings. The summed E-state index contributed by atoms with van der Waals surface area (Å²) >= 11 is 0. The Morgan fingerprint density at radius 1 is 0.395 bits per heavy atom. The van der Waals surface area contributed by atoms with Crippen LogP contribution in [0.4, 0.5) is 0 Å². The molecule has 0 aliphatic rings. The van der Waals surface area contributed by atoms with Crippen LogP contribution >= 0.6 is 0 Å². The number of para-hydroxylation sites is 2. The molecule has 0 saturated carbocycles. The minimum Gasteiger partial charge on any atom is -0.353 e. The molecule has 0 amide bonds. The van der Waals surface area contributed by atoms with E-state index in [0.717, 1.165) is 11.0 Å². The average molecular weight is 485 g/mol. The highest BCUT2D eigenvalue weighted by atomic mass is 15.0. The molecule has 2 nitrogen and oxygen atoms in total. The van der Waals surface area contributed by atoms with Gasteiger partial charge in [-0.1, -0.05) is 103 Å². The Hall–Kier alpha value is -5.08. The molecule has 1 N–H and O–H groups in total. The zero-order chi connectivity index (χ0) is 25.1. The second-order valence-corrected chi connectivity index (χ2v) is 9.90. The van der Waals surface area contributed by atoms with E-state index in [-0.39, 0.29) is 0 Å². The van der Waals surface area contributed by atoms with E-state index in [2.05, 4.69) is 149 Å². The maximum absolute atomic E-state index is 3.72. The van der Waals surface area contributed by atoms with Gasteiger partial charge in [0.1, 0.15) is 0 Å². The highest BCUT2D eigenvalue weighted by Gasteiger charge is 2.17. The van der Waals surface area contributed by atoms with Crippen LogP contribution in [0.15, 0.2) is 140 Å². The standard InChI is InChI=1S/C36H24N2/c1-3-10-24(11-4-1)26-18-20-33-30(22-26)31-23-27(25-12-5-2-6-13-25)19-21-34(31)38(33)35-17-9-15-29-28-14-7-8-16-32(28)37-36(29)35/h1-23,37H. The Bertz CT molecular complexity index is 2020. The van der Waals surface area contributed by atoms with Gasteiger partial charge >= 0.3 is 0 Å². The van der Waals surface area contributed by atoms with Gasteiger partial charge in [0.25, 0.3) is 0 Å². The Kier molecular flexibility index (Phi) is 4.55. The first kappa shape index (κ1) is 21.0. The molecule has 2 aromatic heterocycles. The lowest BCUT2D eigenvalue weighted by molar-refractivity contribution is 1.19. The number of nitrogens with one attached hydrogen (secondary N) is 1. The highest BCUT2D eigenvalue weighted by Crippen LogP contribution is 2.39. The number of aromatic amines is 1. The molecule has 178 valence electrons. The summed E-state index contributed by atoms with van der Waals surface area (Å²) in [5.74, 6) is 0. The molecule has 0 saturated heterocycles. The third-order valence-electron chi connectivity index (χ3n) is 7.74. The van der Waals surface area contributed by atoms with Crippen LogP contribution in [0.2, 0.25) is 0 Å². The molecule has 0 radical (unpaired) electrons. The van der Waals surface area contributed by atoms with Crippen LogP contribution in [-0.2, 0) is 0 Å². The average Bonchev–Trinajstić information content (AvgIpc) is 3.53. The summed E-state index contributed by atoms with van der Waals surface area (Å²) in [7, 11) is 0. The van der Waals surface area contributed by atoms with Crippen molar-refractivity contribution in [1.29, 1.82) is 0 Å². The van der Waals surface area contributed by atoms with E-state index in [0.29, 0.717) is 0 Å². The van der Waals surface area contributed by atoms with E-state index < -0.39 is 0 Å². The molecule has 38 heavy (non-hydrogen) atoms. The van der Waals surface area contributed by atoms with E-state index in [1.807, 2.05) is 0 Å². The number of H-pyrrole nitrogens is 1. The number of fused-ring (bicyclic) bond motifs is 6. The molecule has 0 fully saturated rings. The van der Waals surface area contributed by atoms with Crippen molar-refractivity contribution in [3.63, 3.8) is 0 Å². The van der Waals surface area contributed by atoms with Crippen molar-refractivity contribution in [2.75, 3.05) is 0 Å². The molecule has 8 rings (SSSR count). The molecule has 0 bridgehead atoms. The summed E-state index contributed by atoms with van der Waals surface area (Å²) in [6, 6.07) is 50.2. The predicted molar refractivity (Wildman–Crippen MR) is 161 cm³/mol. The van der Waals surface area contributed by atoms with Gasteiger partial charge in [-0.25, -0.2) is 0 Å². The van der Waals surface area contributed by atoms with E-state index in [4.69, 9.17) is 0 Å². The van der Waals surface area contributed by atoms with Gasteiger partial charge in [-0.05, 0) is 58.7 Å². The lowest BCUT2D eigenvalue weighted by atomic mass is 10.0. The second-order valence-electron chi connectivity index (χ2n) is 9.90. The summed E-state index contributed by atoms with van der Waals surface area (Å²) < 4.78 is 2.42. The summed E-state index contributed by atoms with van der Waals surface area (Å²) in [5.41, 5.74) is 10.8. The van der Waals surface area contributed by atoms with Crippen molar-refractivity contribution in [2.24, 2.45) is 0 Å². The number of rotatable bonds is 3. The van der Waals surface area contributed by atoms with Crippen molar-refractivity contribution < 1.29 is 0 Å². The van der Waals surface area contributed by atoms with Crippen LogP contribution in [0.25, 0.3) is 71.6 Å². The third-order valence-corrected chi connectivity index (χ3v) is 7.74. The monoisotopic (exact) mass is 484 g/mol. The maximum atomic E-state index is 3.72. The van der Waals surface area contributed by atoms with Crippen molar-refractivity contribution in [2.45, 2.75) is 0 Å². The van der Waals surface area contributed by atoms with Crippen LogP contribution in [0.5, 0.6) is 0 Å². The molecule has 6 aromatic carbocycles. The van der Waals surface area contributed by atoms with Gasteiger partial charge in [0, 0.05) is 27.1 Å². The quantitative estimate of drug-likeness (QED) is 0.258. The zero-order valence-electron chi connectivity index (χ0n) is 20.7. The molecule has 0 atom stereocenters. The van der Waals surface area contributed by atoms with Gasteiger partial charge in [0.15, 0.2) is 0 Å². The second kappa shape index (κ2) is 8.22. The van der Waals surface area contributed by atoms with Gasteiger partial charge in [-0.15, -0.1) is 0 Å². The zero-order valence-corrected chi connectivity index (χ0v) is 20.7. The molecular weight excluding hydrogens is 460 g/mol. The van der Waals surface area contributed by atoms with E-state index in [9.17, 15) is 0 Å². The molecule has 0 aliphatic carbocycles. The normalized spacial score (nSPS) is 11.7. The minimum absolute atomic E-state index is 1.16. The van der Waals surface area contributed by atoms with Crippen LogP contribution in [0, 0.1) is 0 Å². The summed E-state index contributed by atoms with van der Waals surface area (Å²) in [4.78, 5) is 3.72. The molecular formula is C36H24N2. The Labute approximate surface area is 220 Å². The molecule has 2 heteroatoms. The number of benzene rings is 6. The van der Waals surface area contributed by atoms with Gasteiger partial charge in [0.05, 0.1) is 22.2 Å². The van der Waals surface area contributed by atoms with Crippen LogP contribution in [0.3, 0.4) is 0 Å². The summed E-state index contributed by atoms with van der Waals surface area (Å²) in [6.07, 6.45) is 0. The summed E-state index contributed by atoms with van der Waals surface area (Å²) in [6.45, 7) is 0. The fourth-order valence-corrected chi connectivity index (χ4v) is 5.95. The highest BCUT2D eigenvalue weighted by molar-refractivity contribution is 6.15. The fourth-order valence-electron chi connectivity index (χ4n) is 5.95. The lowest BCUT2D eigenvalue weighted by Crippen LogP contribution is -1.95. The van der Waals surface area contributed by atoms with Gasteiger partial charge in [-0.3, -0.25) is 0 Å². The SMILES string of the molecule is c1ccc(-c2ccc3c(c2)c2cc(-c4ccccc4)ccc2n3-c2cccc3c2[nH]c2ccccc23)cc1. The van der Waals surface area contributed by atoms with E-state index >= 15 is 0 Å². The fraction of sp³-hybridized carbons (Fsp3) is 0. The first-order valence-electron chi connectivity index (χ1n) is 13.0. The predicted octanol–water partition coefficient (Wildman–Crippen LogP) is 9.75. The van der Waals surface area contributed by atoms with Crippen LogP contribution < -0.4 is 0 Å². The van der Waals surface area contributed by atoms with E-state index in [1.165, 1.54) is 60.5 Å². The number of hydrogen-bond donors (Lipinski definition) is 1. The molecule has 0 aliphatic heterocycles. The third kappa shape index (κ3) is 3.14. The van der Waals surface area contributed by atoms with Gasteiger partial charge < -0.3 is 9.55 Å². The van der Waals surface area contributed by atoms with Crippen LogP contribution in [-0.4, -0.2) is 9.55 Å². The Morgan fingerprint density at radius 3 is 1.58 bits per heavy atom. The minimum atomic E-state index is 1.16. The summed E-state index contributed by atoms with van der Waals surface area (Å²) in [5, 5.41) is 5.01.